The fraction of sp³-hybridized carbons (Fsp3) is 0.583. The Bertz CT molecular complexity index is 331. The van der Waals surface area contributed by atoms with Gasteiger partial charge in [-0.15, -0.1) is 0 Å². The molecule has 1 aromatic heterocycles. The Labute approximate surface area is 85.7 Å². The number of hydrogen-bond donors (Lipinski definition) is 1. The summed E-state index contributed by atoms with van der Waals surface area (Å²) >= 11 is 0. The van der Waals surface area contributed by atoms with E-state index in [-0.39, 0.29) is 0 Å². The van der Waals surface area contributed by atoms with Crippen LogP contribution in [-0.4, -0.2) is 12.0 Å². The van der Waals surface area contributed by atoms with Crippen LogP contribution in [0.15, 0.2) is 18.5 Å². The first kappa shape index (κ1) is 9.66. The van der Waals surface area contributed by atoms with Gasteiger partial charge < -0.3 is 5.32 Å². The maximum Gasteiger partial charge on any atom is 0.0387 e. The monoisotopic (exact) mass is 190 g/mol. The summed E-state index contributed by atoms with van der Waals surface area (Å²) in [6, 6.07) is 2.59. The van der Waals surface area contributed by atoms with Gasteiger partial charge in [0.05, 0.1) is 0 Å². The number of aryl methyl sites for hydroxylation is 1. The Balaban J connectivity index is 2.45. The van der Waals surface area contributed by atoms with Crippen molar-refractivity contribution in [3.05, 3.63) is 29.6 Å². The lowest BCUT2D eigenvalue weighted by Crippen LogP contribution is -2.36. The molecule has 1 atom stereocenters. The van der Waals surface area contributed by atoms with Crippen molar-refractivity contribution in [1.82, 2.24) is 10.3 Å². The van der Waals surface area contributed by atoms with Crippen LogP contribution < -0.4 is 5.32 Å². The van der Waals surface area contributed by atoms with E-state index in [0.717, 1.165) is 0 Å². The van der Waals surface area contributed by atoms with Gasteiger partial charge in [0.25, 0.3) is 0 Å². The van der Waals surface area contributed by atoms with E-state index in [2.05, 4.69) is 30.2 Å². The molecule has 1 aliphatic carbocycles. The third kappa shape index (κ3) is 1.44. The highest BCUT2D eigenvalue weighted by atomic mass is 14.9. The number of fused-ring (bicyclic) bond motifs is 1. The second kappa shape index (κ2) is 3.35. The summed E-state index contributed by atoms with van der Waals surface area (Å²) in [5.41, 5.74) is 3.18. The normalized spacial score (nSPS) is 24.4. The Morgan fingerprint density at radius 3 is 3.00 bits per heavy atom. The van der Waals surface area contributed by atoms with Gasteiger partial charge in [-0.2, -0.15) is 0 Å². The van der Waals surface area contributed by atoms with Crippen molar-refractivity contribution < 1.29 is 0 Å². The molecule has 1 N–H and O–H groups in total. The number of hydrogen-bond acceptors (Lipinski definition) is 2. The highest BCUT2D eigenvalue weighted by molar-refractivity contribution is 5.31. The third-order valence-electron chi connectivity index (χ3n) is 3.37. The molecule has 2 rings (SSSR count). The molecule has 0 bridgehead atoms. The summed E-state index contributed by atoms with van der Waals surface area (Å²) in [4.78, 5) is 4.22. The fourth-order valence-corrected chi connectivity index (χ4v) is 2.49. The lowest BCUT2D eigenvalue weighted by molar-refractivity contribution is 0.218. The van der Waals surface area contributed by atoms with Crippen molar-refractivity contribution in [3.8, 4) is 0 Å². The maximum atomic E-state index is 4.22. The van der Waals surface area contributed by atoms with Gasteiger partial charge in [-0.1, -0.05) is 13.8 Å². The topological polar surface area (TPSA) is 24.9 Å². The molecule has 0 saturated carbocycles. The number of pyridine rings is 1. The van der Waals surface area contributed by atoms with E-state index in [0.29, 0.717) is 11.5 Å². The van der Waals surface area contributed by atoms with Crippen LogP contribution in [0, 0.1) is 5.41 Å². The molecule has 0 aromatic carbocycles. The Morgan fingerprint density at radius 1 is 1.50 bits per heavy atom. The van der Waals surface area contributed by atoms with Crippen LogP contribution in [0.3, 0.4) is 0 Å². The molecular formula is C12H18N2. The zero-order chi connectivity index (χ0) is 10.2. The summed E-state index contributed by atoms with van der Waals surface area (Å²) < 4.78 is 0. The summed E-state index contributed by atoms with van der Waals surface area (Å²) in [6.07, 6.45) is 6.33. The number of aromatic nitrogens is 1. The van der Waals surface area contributed by atoms with Crippen LogP contribution >= 0.6 is 0 Å². The molecule has 0 radical (unpaired) electrons. The van der Waals surface area contributed by atoms with E-state index in [9.17, 15) is 0 Å². The van der Waals surface area contributed by atoms with E-state index in [4.69, 9.17) is 0 Å². The first-order valence-corrected chi connectivity index (χ1v) is 5.25. The smallest absolute Gasteiger partial charge is 0.0387 e. The molecular weight excluding hydrogens is 172 g/mol. The first-order valence-electron chi connectivity index (χ1n) is 5.25. The molecule has 0 amide bonds. The molecule has 1 unspecified atom stereocenters. The van der Waals surface area contributed by atoms with Gasteiger partial charge in [-0.05, 0) is 42.5 Å². The average Bonchev–Trinajstić information content (AvgIpc) is 2.17. The predicted octanol–water partition coefficient (Wildman–Crippen LogP) is 2.31. The maximum absolute atomic E-state index is 4.22. The fourth-order valence-electron chi connectivity index (χ4n) is 2.49. The lowest BCUT2D eigenvalue weighted by Gasteiger charge is -2.39. The van der Waals surface area contributed by atoms with E-state index in [1.54, 1.807) is 0 Å². The average molecular weight is 190 g/mol. The van der Waals surface area contributed by atoms with Crippen LogP contribution in [0.4, 0.5) is 0 Å². The van der Waals surface area contributed by atoms with Crippen molar-refractivity contribution in [2.24, 2.45) is 5.41 Å². The quantitative estimate of drug-likeness (QED) is 0.735. The Kier molecular flexibility index (Phi) is 2.31. The van der Waals surface area contributed by atoms with Gasteiger partial charge in [0.2, 0.25) is 0 Å². The molecule has 0 saturated heterocycles. The highest BCUT2D eigenvalue weighted by Gasteiger charge is 2.34. The molecule has 1 heterocycles. The summed E-state index contributed by atoms with van der Waals surface area (Å²) in [5.74, 6) is 0. The molecule has 0 fully saturated rings. The summed E-state index contributed by atoms with van der Waals surface area (Å²) in [7, 11) is 2.04. The Hall–Kier alpha value is -0.890. The Morgan fingerprint density at radius 2 is 2.29 bits per heavy atom. The molecule has 1 aromatic rings. The zero-order valence-corrected chi connectivity index (χ0v) is 9.17. The van der Waals surface area contributed by atoms with Crippen molar-refractivity contribution in [1.29, 1.82) is 0 Å². The van der Waals surface area contributed by atoms with Crippen LogP contribution in [0.1, 0.15) is 37.4 Å². The minimum Gasteiger partial charge on any atom is -0.312 e. The second-order valence-electron chi connectivity index (χ2n) is 4.78. The van der Waals surface area contributed by atoms with Gasteiger partial charge in [0.15, 0.2) is 0 Å². The van der Waals surface area contributed by atoms with Crippen molar-refractivity contribution in [3.63, 3.8) is 0 Å². The van der Waals surface area contributed by atoms with Crippen molar-refractivity contribution in [2.45, 2.75) is 32.7 Å². The lowest BCUT2D eigenvalue weighted by atomic mass is 9.71. The minimum atomic E-state index is 0.338. The third-order valence-corrected chi connectivity index (χ3v) is 3.37. The van der Waals surface area contributed by atoms with Gasteiger partial charge in [-0.25, -0.2) is 0 Å². The molecule has 14 heavy (non-hydrogen) atoms. The van der Waals surface area contributed by atoms with Gasteiger partial charge in [0.1, 0.15) is 0 Å². The van der Waals surface area contributed by atoms with Crippen molar-refractivity contribution in [2.75, 3.05) is 7.05 Å². The van der Waals surface area contributed by atoms with Crippen molar-refractivity contribution >= 4 is 0 Å². The first-order chi connectivity index (χ1) is 6.65. The summed E-state index contributed by atoms with van der Waals surface area (Å²) in [5, 5.41) is 3.41. The van der Waals surface area contributed by atoms with E-state index in [1.165, 1.54) is 24.0 Å². The van der Waals surface area contributed by atoms with Gasteiger partial charge in [-0.3, -0.25) is 4.98 Å². The van der Waals surface area contributed by atoms with Crippen LogP contribution in [0.5, 0.6) is 0 Å². The number of nitrogens with zero attached hydrogens (tertiary/aromatic N) is 1. The standard InChI is InChI=1S/C12H18N2/c1-12(2)6-4-9-5-7-14-8-10(9)11(12)13-3/h5,7-8,11,13H,4,6H2,1-3H3. The minimum absolute atomic E-state index is 0.338. The molecule has 2 nitrogen and oxygen atoms in total. The number of rotatable bonds is 1. The van der Waals surface area contributed by atoms with Crippen LogP contribution in [0.2, 0.25) is 0 Å². The van der Waals surface area contributed by atoms with E-state index in [1.807, 2.05) is 19.4 Å². The van der Waals surface area contributed by atoms with Crippen LogP contribution in [-0.2, 0) is 6.42 Å². The molecule has 2 heteroatoms. The second-order valence-corrected chi connectivity index (χ2v) is 4.78. The summed E-state index contributed by atoms with van der Waals surface area (Å²) in [6.45, 7) is 4.65. The molecule has 1 aliphatic rings. The largest absolute Gasteiger partial charge is 0.312 e. The van der Waals surface area contributed by atoms with Gasteiger partial charge >= 0.3 is 0 Å². The SMILES string of the molecule is CNC1c2cnccc2CCC1(C)C. The number of nitrogens with one attached hydrogen (secondary N) is 1. The molecule has 0 aliphatic heterocycles. The van der Waals surface area contributed by atoms with E-state index < -0.39 is 0 Å². The predicted molar refractivity (Wildman–Crippen MR) is 58.1 cm³/mol. The molecule has 0 spiro atoms. The zero-order valence-electron chi connectivity index (χ0n) is 9.17. The highest BCUT2D eigenvalue weighted by Crippen LogP contribution is 2.42. The van der Waals surface area contributed by atoms with Crippen LogP contribution in [0.25, 0.3) is 0 Å². The van der Waals surface area contributed by atoms with E-state index >= 15 is 0 Å². The molecule has 76 valence electrons. The van der Waals surface area contributed by atoms with Gasteiger partial charge in [0, 0.05) is 18.4 Å².